The summed E-state index contributed by atoms with van der Waals surface area (Å²) in [4.78, 5) is 24.7. The molecule has 0 spiro atoms. The fraction of sp³-hybridized carbons (Fsp3) is 0.385. The molecule has 2 rings (SSSR count). The second kappa shape index (κ2) is 3.96. The van der Waals surface area contributed by atoms with Gasteiger partial charge < -0.3 is 10.0 Å². The Balaban J connectivity index is 2.56. The van der Waals surface area contributed by atoms with E-state index in [2.05, 4.69) is 0 Å². The van der Waals surface area contributed by atoms with Gasteiger partial charge in [-0.3, -0.25) is 9.59 Å². The Hall–Kier alpha value is -1.68. The number of nitrogens with zero attached hydrogens (tertiary/aromatic N) is 1. The zero-order chi connectivity index (χ0) is 12.6. The fourth-order valence-corrected chi connectivity index (χ4v) is 2.42. The standard InChI is InChI=1S/C13H15NO3/c1-3-14-12(16)10-6-4-5-7-11(10)13(14,17)8-9(2)15/h4-7,17H,3,8H2,1-2H3. The maximum absolute atomic E-state index is 12.1. The van der Waals surface area contributed by atoms with Crippen LogP contribution in [0.4, 0.5) is 0 Å². The van der Waals surface area contributed by atoms with E-state index in [4.69, 9.17) is 0 Å². The highest BCUT2D eigenvalue weighted by Crippen LogP contribution is 2.39. The lowest BCUT2D eigenvalue weighted by molar-refractivity contribution is -0.132. The lowest BCUT2D eigenvalue weighted by Crippen LogP contribution is -2.44. The van der Waals surface area contributed by atoms with Gasteiger partial charge in [-0.05, 0) is 19.9 Å². The molecule has 1 unspecified atom stereocenters. The summed E-state index contributed by atoms with van der Waals surface area (Å²) < 4.78 is 0. The SMILES string of the molecule is CCN1C(=O)c2ccccc2C1(O)CC(C)=O. The van der Waals surface area contributed by atoms with Crippen LogP contribution in [0.2, 0.25) is 0 Å². The van der Waals surface area contributed by atoms with E-state index in [0.29, 0.717) is 17.7 Å². The highest BCUT2D eigenvalue weighted by Gasteiger charge is 2.48. The largest absolute Gasteiger partial charge is 0.366 e. The van der Waals surface area contributed by atoms with Gasteiger partial charge in [0.05, 0.1) is 6.42 Å². The molecule has 17 heavy (non-hydrogen) atoms. The smallest absolute Gasteiger partial charge is 0.256 e. The van der Waals surface area contributed by atoms with Gasteiger partial charge in [0.1, 0.15) is 5.78 Å². The normalized spacial score (nSPS) is 22.8. The quantitative estimate of drug-likeness (QED) is 0.855. The molecule has 0 bridgehead atoms. The fourth-order valence-electron chi connectivity index (χ4n) is 2.42. The van der Waals surface area contributed by atoms with Gasteiger partial charge in [-0.2, -0.15) is 0 Å². The van der Waals surface area contributed by atoms with Crippen LogP contribution in [0.1, 0.15) is 36.2 Å². The van der Waals surface area contributed by atoms with E-state index in [0.717, 1.165) is 0 Å². The van der Waals surface area contributed by atoms with Gasteiger partial charge in [0, 0.05) is 17.7 Å². The summed E-state index contributed by atoms with van der Waals surface area (Å²) in [7, 11) is 0. The van der Waals surface area contributed by atoms with E-state index in [1.165, 1.54) is 11.8 Å². The number of rotatable bonds is 3. The Morgan fingerprint density at radius 3 is 2.65 bits per heavy atom. The van der Waals surface area contributed by atoms with Gasteiger partial charge in [-0.15, -0.1) is 0 Å². The van der Waals surface area contributed by atoms with Crippen molar-refractivity contribution in [2.75, 3.05) is 6.54 Å². The van der Waals surface area contributed by atoms with Crippen molar-refractivity contribution in [2.24, 2.45) is 0 Å². The maximum Gasteiger partial charge on any atom is 0.256 e. The van der Waals surface area contributed by atoms with Crippen molar-refractivity contribution in [1.82, 2.24) is 4.90 Å². The zero-order valence-corrected chi connectivity index (χ0v) is 9.93. The second-order valence-corrected chi connectivity index (χ2v) is 4.29. The Bertz CT molecular complexity index is 483. The van der Waals surface area contributed by atoms with Crippen LogP contribution in [0.3, 0.4) is 0 Å². The first-order chi connectivity index (χ1) is 8.00. The highest BCUT2D eigenvalue weighted by atomic mass is 16.3. The summed E-state index contributed by atoms with van der Waals surface area (Å²) in [6, 6.07) is 6.89. The Labute approximate surface area is 99.9 Å². The molecule has 0 radical (unpaired) electrons. The topological polar surface area (TPSA) is 57.6 Å². The van der Waals surface area contributed by atoms with Crippen molar-refractivity contribution in [1.29, 1.82) is 0 Å². The van der Waals surface area contributed by atoms with Gasteiger partial charge in [0.2, 0.25) is 0 Å². The average molecular weight is 233 g/mol. The first kappa shape index (κ1) is 11.8. The van der Waals surface area contributed by atoms with Crippen LogP contribution in [-0.4, -0.2) is 28.2 Å². The predicted octanol–water partition coefficient (Wildman–Crippen LogP) is 1.29. The second-order valence-electron chi connectivity index (χ2n) is 4.29. The maximum atomic E-state index is 12.1. The number of Topliss-reactive ketones (excluding diaryl/α,β-unsaturated/α-hetero) is 1. The number of carbonyl (C=O) groups is 2. The predicted molar refractivity (Wildman–Crippen MR) is 62.3 cm³/mol. The Kier molecular flexibility index (Phi) is 2.75. The highest BCUT2D eigenvalue weighted by molar-refractivity contribution is 6.00. The molecule has 1 amide bonds. The van der Waals surface area contributed by atoms with Crippen molar-refractivity contribution in [3.05, 3.63) is 35.4 Å². The molecule has 1 atom stereocenters. The molecule has 0 aromatic heterocycles. The van der Waals surface area contributed by atoms with Crippen molar-refractivity contribution in [3.63, 3.8) is 0 Å². The first-order valence-corrected chi connectivity index (χ1v) is 5.64. The van der Waals surface area contributed by atoms with Crippen LogP contribution in [0.25, 0.3) is 0 Å². The molecule has 1 N–H and O–H groups in total. The number of hydrogen-bond acceptors (Lipinski definition) is 3. The van der Waals surface area contributed by atoms with Crippen LogP contribution < -0.4 is 0 Å². The summed E-state index contributed by atoms with van der Waals surface area (Å²) >= 11 is 0. The van der Waals surface area contributed by atoms with Crippen molar-refractivity contribution in [3.8, 4) is 0 Å². The minimum atomic E-state index is -1.48. The number of aliphatic hydroxyl groups is 1. The summed E-state index contributed by atoms with van der Waals surface area (Å²) in [5.74, 6) is -0.359. The molecule has 0 aliphatic carbocycles. The average Bonchev–Trinajstić information content (AvgIpc) is 2.48. The number of benzene rings is 1. The molecule has 0 saturated carbocycles. The van der Waals surface area contributed by atoms with E-state index in [1.807, 2.05) is 0 Å². The molecule has 0 fully saturated rings. The molecule has 90 valence electrons. The molecule has 1 aromatic carbocycles. The van der Waals surface area contributed by atoms with Crippen molar-refractivity contribution in [2.45, 2.75) is 26.0 Å². The monoisotopic (exact) mass is 233 g/mol. The zero-order valence-electron chi connectivity index (χ0n) is 9.93. The van der Waals surface area contributed by atoms with Crippen LogP contribution in [0, 0.1) is 0 Å². The molecule has 4 nitrogen and oxygen atoms in total. The number of amides is 1. The van der Waals surface area contributed by atoms with Crippen molar-refractivity contribution < 1.29 is 14.7 Å². The molecule has 1 aliphatic rings. The molecular weight excluding hydrogens is 218 g/mol. The van der Waals surface area contributed by atoms with E-state index in [1.54, 1.807) is 31.2 Å². The molecule has 4 heteroatoms. The minimum Gasteiger partial charge on any atom is -0.366 e. The van der Waals surface area contributed by atoms with E-state index in [9.17, 15) is 14.7 Å². The summed E-state index contributed by atoms with van der Waals surface area (Å²) in [6.07, 6.45) is -0.0659. The van der Waals surface area contributed by atoms with E-state index < -0.39 is 5.72 Å². The minimum absolute atomic E-state index is 0.0659. The number of ketones is 1. The third-order valence-electron chi connectivity index (χ3n) is 3.09. The van der Waals surface area contributed by atoms with Crippen LogP contribution in [-0.2, 0) is 10.5 Å². The third kappa shape index (κ3) is 1.65. The van der Waals surface area contributed by atoms with Gasteiger partial charge in [0.25, 0.3) is 5.91 Å². The molecule has 1 aromatic rings. The van der Waals surface area contributed by atoms with Gasteiger partial charge in [-0.25, -0.2) is 0 Å². The van der Waals surface area contributed by atoms with Crippen LogP contribution in [0.15, 0.2) is 24.3 Å². The Morgan fingerprint density at radius 1 is 1.41 bits per heavy atom. The number of fused-ring (bicyclic) bond motifs is 1. The molecule has 0 saturated heterocycles. The van der Waals surface area contributed by atoms with Crippen LogP contribution >= 0.6 is 0 Å². The van der Waals surface area contributed by atoms with Crippen molar-refractivity contribution >= 4 is 11.7 Å². The number of carbonyl (C=O) groups excluding carboxylic acids is 2. The summed E-state index contributed by atoms with van der Waals surface area (Å²) in [5, 5.41) is 10.6. The van der Waals surface area contributed by atoms with Crippen LogP contribution in [0.5, 0.6) is 0 Å². The van der Waals surface area contributed by atoms with Gasteiger partial charge >= 0.3 is 0 Å². The lowest BCUT2D eigenvalue weighted by Gasteiger charge is -2.32. The Morgan fingerprint density at radius 2 is 2.06 bits per heavy atom. The lowest BCUT2D eigenvalue weighted by atomic mass is 9.96. The van der Waals surface area contributed by atoms with Gasteiger partial charge in [0.15, 0.2) is 5.72 Å². The van der Waals surface area contributed by atoms with E-state index >= 15 is 0 Å². The summed E-state index contributed by atoms with van der Waals surface area (Å²) in [5.41, 5.74) is -0.464. The molecular formula is C13H15NO3. The van der Waals surface area contributed by atoms with Gasteiger partial charge in [-0.1, -0.05) is 18.2 Å². The first-order valence-electron chi connectivity index (χ1n) is 5.64. The summed E-state index contributed by atoms with van der Waals surface area (Å²) in [6.45, 7) is 3.57. The van der Waals surface area contributed by atoms with E-state index in [-0.39, 0.29) is 18.1 Å². The molecule has 1 heterocycles. The molecule has 1 aliphatic heterocycles. The third-order valence-corrected chi connectivity index (χ3v) is 3.09. The number of hydrogen-bond donors (Lipinski definition) is 1.